The number of carbonyl (C=O) groups is 1. The van der Waals surface area contributed by atoms with Gasteiger partial charge in [-0.2, -0.15) is 0 Å². The third-order valence-corrected chi connectivity index (χ3v) is 5.25. The summed E-state index contributed by atoms with van der Waals surface area (Å²) >= 11 is 0. The van der Waals surface area contributed by atoms with E-state index in [0.717, 1.165) is 29.0 Å². The second-order valence-electron chi connectivity index (χ2n) is 7.58. The van der Waals surface area contributed by atoms with Crippen LogP contribution in [0.2, 0.25) is 0 Å². The topological polar surface area (TPSA) is 46.9 Å². The molecular weight excluding hydrogens is 358 g/mol. The molecule has 3 aromatic carbocycles. The maximum Gasteiger partial charge on any atom is 0.251 e. The Hall–Kier alpha value is -3.40. The lowest BCUT2D eigenvalue weighted by Gasteiger charge is -2.13. The summed E-state index contributed by atoms with van der Waals surface area (Å²) in [5.41, 5.74) is 7.51. The smallest absolute Gasteiger partial charge is 0.251 e. The molecule has 0 aliphatic carbocycles. The fourth-order valence-electron chi connectivity index (χ4n) is 3.63. The number of fused-ring (bicyclic) bond motifs is 1. The molecule has 4 heteroatoms. The van der Waals surface area contributed by atoms with Crippen LogP contribution in [0.4, 0.5) is 0 Å². The summed E-state index contributed by atoms with van der Waals surface area (Å²) in [5, 5.41) is 3.03. The quantitative estimate of drug-likeness (QED) is 0.531. The number of nitrogens with one attached hydrogen (secondary N) is 1. The number of hydrogen-bond donors (Lipinski definition) is 1. The van der Waals surface area contributed by atoms with Gasteiger partial charge in [-0.15, -0.1) is 0 Å². The Morgan fingerprint density at radius 2 is 1.72 bits per heavy atom. The average molecular weight is 383 g/mol. The first kappa shape index (κ1) is 18.9. The summed E-state index contributed by atoms with van der Waals surface area (Å²) < 4.78 is 2.20. The molecule has 0 spiro atoms. The molecular formula is C25H25N3O. The number of benzene rings is 3. The van der Waals surface area contributed by atoms with E-state index in [0.29, 0.717) is 12.1 Å². The minimum Gasteiger partial charge on any atom is -0.345 e. The second-order valence-corrected chi connectivity index (χ2v) is 7.58. The summed E-state index contributed by atoms with van der Waals surface area (Å²) in [7, 11) is 0. The standard InChI is InChI=1S/C25H25N3O/c1-17-7-6-8-20(13-17)25(29)26-15-24-27-22-9-4-5-10-23(22)28(24)16-21-14-18(2)11-12-19(21)3/h4-14H,15-16H2,1-3H3,(H,26,29). The van der Waals surface area contributed by atoms with Crippen LogP contribution < -0.4 is 5.32 Å². The van der Waals surface area contributed by atoms with Crippen LogP contribution in [0.1, 0.15) is 38.4 Å². The Labute approximate surface area is 171 Å². The van der Waals surface area contributed by atoms with E-state index < -0.39 is 0 Å². The highest BCUT2D eigenvalue weighted by Crippen LogP contribution is 2.20. The third kappa shape index (κ3) is 4.06. The molecule has 0 fully saturated rings. The Morgan fingerprint density at radius 3 is 2.55 bits per heavy atom. The fourth-order valence-corrected chi connectivity index (χ4v) is 3.63. The number of para-hydroxylation sites is 2. The first-order chi connectivity index (χ1) is 14.0. The van der Waals surface area contributed by atoms with Crippen LogP contribution in [-0.4, -0.2) is 15.5 Å². The van der Waals surface area contributed by atoms with Crippen molar-refractivity contribution >= 4 is 16.9 Å². The molecule has 4 aromatic rings. The number of amides is 1. The summed E-state index contributed by atoms with van der Waals surface area (Å²) in [6.07, 6.45) is 0. The lowest BCUT2D eigenvalue weighted by Crippen LogP contribution is -2.25. The van der Waals surface area contributed by atoms with Crippen LogP contribution in [0.25, 0.3) is 11.0 Å². The first-order valence-corrected chi connectivity index (χ1v) is 9.86. The predicted octanol–water partition coefficient (Wildman–Crippen LogP) is 4.94. The van der Waals surface area contributed by atoms with Crippen molar-refractivity contribution in [1.29, 1.82) is 0 Å². The molecule has 1 N–H and O–H groups in total. The van der Waals surface area contributed by atoms with Gasteiger partial charge in [0.1, 0.15) is 5.82 Å². The van der Waals surface area contributed by atoms with Crippen molar-refractivity contribution in [3.05, 3.63) is 100 Å². The Balaban J connectivity index is 1.64. The van der Waals surface area contributed by atoms with E-state index in [-0.39, 0.29) is 5.91 Å². The molecule has 29 heavy (non-hydrogen) atoms. The summed E-state index contributed by atoms with van der Waals surface area (Å²) in [6, 6.07) is 22.2. The Bertz CT molecular complexity index is 1190. The maximum atomic E-state index is 12.6. The molecule has 0 atom stereocenters. The van der Waals surface area contributed by atoms with E-state index in [4.69, 9.17) is 4.98 Å². The number of aryl methyl sites for hydroxylation is 3. The highest BCUT2D eigenvalue weighted by molar-refractivity contribution is 5.94. The number of rotatable bonds is 5. The zero-order valence-corrected chi connectivity index (χ0v) is 17.1. The van der Waals surface area contributed by atoms with Crippen molar-refractivity contribution in [2.45, 2.75) is 33.9 Å². The molecule has 0 aliphatic heterocycles. The van der Waals surface area contributed by atoms with Gasteiger partial charge >= 0.3 is 0 Å². The first-order valence-electron chi connectivity index (χ1n) is 9.86. The van der Waals surface area contributed by atoms with Crippen molar-refractivity contribution in [2.75, 3.05) is 0 Å². The highest BCUT2D eigenvalue weighted by Gasteiger charge is 2.14. The zero-order valence-electron chi connectivity index (χ0n) is 17.1. The third-order valence-electron chi connectivity index (χ3n) is 5.25. The molecule has 146 valence electrons. The van der Waals surface area contributed by atoms with Crippen molar-refractivity contribution in [1.82, 2.24) is 14.9 Å². The van der Waals surface area contributed by atoms with Crippen molar-refractivity contribution in [2.24, 2.45) is 0 Å². The monoisotopic (exact) mass is 383 g/mol. The van der Waals surface area contributed by atoms with Gasteiger partial charge in [0.05, 0.1) is 17.6 Å². The molecule has 0 bridgehead atoms. The van der Waals surface area contributed by atoms with Gasteiger partial charge in [0, 0.05) is 12.1 Å². The summed E-state index contributed by atoms with van der Waals surface area (Å²) in [6.45, 7) is 7.33. The molecule has 0 aliphatic rings. The van der Waals surface area contributed by atoms with Crippen LogP contribution in [0.5, 0.6) is 0 Å². The molecule has 0 saturated carbocycles. The average Bonchev–Trinajstić information content (AvgIpc) is 3.06. The highest BCUT2D eigenvalue weighted by atomic mass is 16.1. The van der Waals surface area contributed by atoms with Gasteiger partial charge in [0.25, 0.3) is 5.91 Å². The number of hydrogen-bond acceptors (Lipinski definition) is 2. The minimum atomic E-state index is -0.0842. The van der Waals surface area contributed by atoms with E-state index in [1.807, 2.05) is 49.4 Å². The maximum absolute atomic E-state index is 12.6. The van der Waals surface area contributed by atoms with Crippen molar-refractivity contribution < 1.29 is 4.79 Å². The van der Waals surface area contributed by atoms with Crippen molar-refractivity contribution in [3.8, 4) is 0 Å². The van der Waals surface area contributed by atoms with Gasteiger partial charge in [-0.3, -0.25) is 4.79 Å². The van der Waals surface area contributed by atoms with Crippen LogP contribution in [0, 0.1) is 20.8 Å². The summed E-state index contributed by atoms with van der Waals surface area (Å²) in [5.74, 6) is 0.771. The Morgan fingerprint density at radius 1 is 0.931 bits per heavy atom. The molecule has 1 amide bonds. The number of imidazole rings is 1. The SMILES string of the molecule is Cc1cccc(C(=O)NCc2nc3ccccc3n2Cc2cc(C)ccc2C)c1. The van der Waals surface area contributed by atoms with E-state index >= 15 is 0 Å². The number of carbonyl (C=O) groups excluding carboxylic acids is 1. The van der Waals surface area contributed by atoms with Gasteiger partial charge in [-0.25, -0.2) is 4.98 Å². The fraction of sp³-hybridized carbons (Fsp3) is 0.200. The van der Waals surface area contributed by atoms with E-state index in [9.17, 15) is 4.79 Å². The van der Waals surface area contributed by atoms with Gasteiger partial charge in [-0.1, -0.05) is 53.6 Å². The van der Waals surface area contributed by atoms with Crippen LogP contribution >= 0.6 is 0 Å². The van der Waals surface area contributed by atoms with Crippen LogP contribution in [0.15, 0.2) is 66.7 Å². The summed E-state index contributed by atoms with van der Waals surface area (Å²) in [4.78, 5) is 17.4. The van der Waals surface area contributed by atoms with Gasteiger partial charge in [0.15, 0.2) is 0 Å². The van der Waals surface area contributed by atoms with E-state index in [1.165, 1.54) is 16.7 Å². The minimum absolute atomic E-state index is 0.0842. The van der Waals surface area contributed by atoms with Gasteiger partial charge in [-0.05, 0) is 56.2 Å². The van der Waals surface area contributed by atoms with Gasteiger partial charge < -0.3 is 9.88 Å². The Kier molecular flexibility index (Phi) is 5.17. The molecule has 1 heterocycles. The van der Waals surface area contributed by atoms with Crippen LogP contribution in [-0.2, 0) is 13.1 Å². The van der Waals surface area contributed by atoms with E-state index in [2.05, 4.69) is 48.0 Å². The lowest BCUT2D eigenvalue weighted by atomic mass is 10.1. The molecule has 4 rings (SSSR count). The zero-order chi connectivity index (χ0) is 20.4. The molecule has 0 saturated heterocycles. The number of nitrogens with zero attached hydrogens (tertiary/aromatic N) is 2. The van der Waals surface area contributed by atoms with Crippen LogP contribution in [0.3, 0.4) is 0 Å². The number of aromatic nitrogens is 2. The largest absolute Gasteiger partial charge is 0.345 e. The molecule has 1 aromatic heterocycles. The normalized spacial score (nSPS) is 11.0. The predicted molar refractivity (Wildman–Crippen MR) is 117 cm³/mol. The molecule has 4 nitrogen and oxygen atoms in total. The van der Waals surface area contributed by atoms with Gasteiger partial charge in [0.2, 0.25) is 0 Å². The lowest BCUT2D eigenvalue weighted by molar-refractivity contribution is 0.0949. The molecule has 0 unspecified atom stereocenters. The molecule has 0 radical (unpaired) electrons. The van der Waals surface area contributed by atoms with Crippen molar-refractivity contribution in [3.63, 3.8) is 0 Å². The van der Waals surface area contributed by atoms with E-state index in [1.54, 1.807) is 0 Å². The second kappa shape index (κ2) is 7.92.